The normalized spacial score (nSPS) is 23.6. The number of carbonyl (C=O) groups excluding carboxylic acids is 1. The van der Waals surface area contributed by atoms with E-state index in [2.05, 4.69) is 9.55 Å². The van der Waals surface area contributed by atoms with Gasteiger partial charge in [-0.05, 0) is 42.8 Å². The Kier molecular flexibility index (Phi) is 4.48. The molecule has 0 radical (unpaired) electrons. The van der Waals surface area contributed by atoms with E-state index in [-0.39, 0.29) is 17.7 Å². The van der Waals surface area contributed by atoms with Crippen LogP contribution in [0.2, 0.25) is 0 Å². The number of carbonyl (C=O) groups is 1. The number of nitrogens with zero attached hydrogens (tertiary/aromatic N) is 4. The van der Waals surface area contributed by atoms with Gasteiger partial charge in [-0.2, -0.15) is 8.78 Å². The minimum atomic E-state index is -3.00. The van der Waals surface area contributed by atoms with Gasteiger partial charge in [0.15, 0.2) is 0 Å². The number of hydrogen-bond acceptors (Lipinski definition) is 6. The van der Waals surface area contributed by atoms with E-state index in [1.807, 2.05) is 31.2 Å². The molecule has 4 aromatic rings. The standard InChI is InChI=1S/C27H23F2N5O3/c1-27(30)12-36-21-9-14(11-31-23(21)27)13-6-7-16-17(8-13)34-18-10-19(24(34)32-16)33(2)25(35)15-4-3-5-20(22(15)18)37-26(28)29/h3-9,11,18-19,26H,10,12,30H2,1-2H3/t18-,19-,27-/m1/s1. The smallest absolute Gasteiger partial charge is 0.387 e. The Balaban J connectivity index is 1.41. The van der Waals surface area contributed by atoms with Crippen LogP contribution >= 0.6 is 0 Å². The molecule has 0 fully saturated rings. The number of alkyl halides is 2. The summed E-state index contributed by atoms with van der Waals surface area (Å²) in [5.41, 5.74) is 10.6. The fraction of sp³-hybridized carbons (Fsp3) is 0.296. The Morgan fingerprint density at radius 2 is 2.03 bits per heavy atom. The van der Waals surface area contributed by atoms with Gasteiger partial charge in [0.2, 0.25) is 0 Å². The molecule has 0 unspecified atom stereocenters. The van der Waals surface area contributed by atoms with Crippen LogP contribution in [0, 0.1) is 0 Å². The topological polar surface area (TPSA) is 95.5 Å². The number of rotatable bonds is 3. The Morgan fingerprint density at radius 3 is 2.84 bits per heavy atom. The zero-order valence-corrected chi connectivity index (χ0v) is 20.1. The quantitative estimate of drug-likeness (QED) is 0.446. The Labute approximate surface area is 210 Å². The molecule has 0 saturated heterocycles. The number of benzene rings is 2. The second-order valence-corrected chi connectivity index (χ2v) is 10.1. The summed E-state index contributed by atoms with van der Waals surface area (Å²) >= 11 is 0. The van der Waals surface area contributed by atoms with Crippen molar-refractivity contribution >= 4 is 16.9 Å². The van der Waals surface area contributed by atoms with Gasteiger partial charge in [0.25, 0.3) is 5.91 Å². The third-order valence-electron chi connectivity index (χ3n) is 7.66. The number of halogens is 2. The van der Waals surface area contributed by atoms with Crippen molar-refractivity contribution in [2.45, 2.75) is 37.6 Å². The molecule has 2 bridgehead atoms. The van der Waals surface area contributed by atoms with Crippen LogP contribution in [-0.4, -0.2) is 45.6 Å². The SMILES string of the molecule is CN1C(=O)c2cccc(OC(F)F)c2[C@H]2C[C@@H]1c1nc3ccc(-c4cnc5c(c4)OC[C@@]5(C)N)cc3n12. The number of nitrogens with two attached hydrogens (primary N) is 1. The van der Waals surface area contributed by atoms with E-state index in [1.54, 1.807) is 30.3 Å². The first-order valence-electron chi connectivity index (χ1n) is 12.0. The maximum absolute atomic E-state index is 13.3. The van der Waals surface area contributed by atoms with Crippen LogP contribution in [0.4, 0.5) is 8.78 Å². The zero-order chi connectivity index (χ0) is 25.6. The molecule has 5 heterocycles. The van der Waals surface area contributed by atoms with Gasteiger partial charge < -0.3 is 24.7 Å². The van der Waals surface area contributed by atoms with Crippen molar-refractivity contribution < 1.29 is 23.0 Å². The third kappa shape index (κ3) is 3.11. The van der Waals surface area contributed by atoms with Crippen molar-refractivity contribution in [1.82, 2.24) is 19.4 Å². The van der Waals surface area contributed by atoms with Gasteiger partial charge in [0, 0.05) is 36.4 Å². The Bertz CT molecular complexity index is 1620. The molecule has 1 amide bonds. The molecule has 0 aliphatic carbocycles. The Morgan fingerprint density at radius 1 is 1.19 bits per heavy atom. The first kappa shape index (κ1) is 22.2. The minimum absolute atomic E-state index is 0.00978. The van der Waals surface area contributed by atoms with Gasteiger partial charge in [-0.1, -0.05) is 12.1 Å². The van der Waals surface area contributed by atoms with E-state index in [0.717, 1.165) is 33.7 Å². The van der Waals surface area contributed by atoms with Gasteiger partial charge in [-0.25, -0.2) is 4.98 Å². The molecule has 8 nitrogen and oxygen atoms in total. The lowest BCUT2D eigenvalue weighted by atomic mass is 9.97. The molecule has 3 atom stereocenters. The monoisotopic (exact) mass is 503 g/mol. The summed E-state index contributed by atoms with van der Waals surface area (Å²) in [5, 5.41) is 0. The van der Waals surface area contributed by atoms with Crippen LogP contribution in [0.1, 0.15) is 52.9 Å². The highest BCUT2D eigenvalue weighted by molar-refractivity contribution is 5.98. The molecule has 2 aromatic heterocycles. The maximum Gasteiger partial charge on any atom is 0.387 e. The number of fused-ring (bicyclic) bond motifs is 10. The van der Waals surface area contributed by atoms with E-state index in [9.17, 15) is 13.6 Å². The second-order valence-electron chi connectivity index (χ2n) is 10.1. The van der Waals surface area contributed by atoms with Gasteiger partial charge in [0.05, 0.1) is 28.7 Å². The summed E-state index contributed by atoms with van der Waals surface area (Å²) in [5.74, 6) is 1.16. The number of ether oxygens (including phenoxy) is 2. The number of pyridine rings is 1. The zero-order valence-electron chi connectivity index (χ0n) is 20.1. The summed E-state index contributed by atoms with van der Waals surface area (Å²) in [6.07, 6.45) is 2.30. The number of hydrogen-bond donors (Lipinski definition) is 1. The van der Waals surface area contributed by atoms with Crippen LogP contribution in [0.5, 0.6) is 11.5 Å². The molecule has 3 aliphatic heterocycles. The Hall–Kier alpha value is -4.05. The van der Waals surface area contributed by atoms with Crippen LogP contribution in [0.3, 0.4) is 0 Å². The van der Waals surface area contributed by atoms with Gasteiger partial charge in [0.1, 0.15) is 29.6 Å². The van der Waals surface area contributed by atoms with Gasteiger partial charge >= 0.3 is 6.61 Å². The molecule has 2 N–H and O–H groups in total. The molecule has 2 aromatic carbocycles. The number of imidazole rings is 1. The van der Waals surface area contributed by atoms with Crippen molar-refractivity contribution in [2.24, 2.45) is 5.73 Å². The van der Waals surface area contributed by atoms with Crippen molar-refractivity contribution in [3.8, 4) is 22.6 Å². The minimum Gasteiger partial charge on any atom is -0.489 e. The molecular weight excluding hydrogens is 480 g/mol. The summed E-state index contributed by atoms with van der Waals surface area (Å²) in [6, 6.07) is 11.9. The van der Waals surface area contributed by atoms with E-state index >= 15 is 0 Å². The average molecular weight is 504 g/mol. The molecule has 0 saturated carbocycles. The molecule has 188 valence electrons. The first-order chi connectivity index (χ1) is 17.7. The van der Waals surface area contributed by atoms with Crippen molar-refractivity contribution in [1.29, 1.82) is 0 Å². The summed E-state index contributed by atoms with van der Waals surface area (Å²) in [4.78, 5) is 24.4. The highest BCUT2D eigenvalue weighted by atomic mass is 19.3. The molecule has 37 heavy (non-hydrogen) atoms. The lowest BCUT2D eigenvalue weighted by Gasteiger charge is -2.24. The van der Waals surface area contributed by atoms with E-state index < -0.39 is 18.2 Å². The molecular formula is C27H23F2N5O3. The predicted octanol–water partition coefficient (Wildman–Crippen LogP) is 4.39. The van der Waals surface area contributed by atoms with Crippen molar-refractivity contribution in [3.63, 3.8) is 0 Å². The van der Waals surface area contributed by atoms with Crippen LogP contribution in [0.25, 0.3) is 22.2 Å². The maximum atomic E-state index is 13.3. The largest absolute Gasteiger partial charge is 0.489 e. The third-order valence-corrected chi connectivity index (χ3v) is 7.66. The fourth-order valence-electron chi connectivity index (χ4n) is 5.90. The van der Waals surface area contributed by atoms with Crippen LogP contribution in [0.15, 0.2) is 48.7 Å². The highest BCUT2D eigenvalue weighted by Crippen LogP contribution is 2.50. The lowest BCUT2D eigenvalue weighted by Crippen LogP contribution is -2.35. The van der Waals surface area contributed by atoms with Crippen LogP contribution < -0.4 is 15.2 Å². The van der Waals surface area contributed by atoms with Gasteiger partial charge in [-0.15, -0.1) is 0 Å². The highest BCUT2D eigenvalue weighted by Gasteiger charge is 2.45. The average Bonchev–Trinajstić information content (AvgIpc) is 3.50. The molecule has 10 heteroatoms. The molecule has 3 aliphatic rings. The first-order valence-corrected chi connectivity index (χ1v) is 12.0. The predicted molar refractivity (Wildman–Crippen MR) is 131 cm³/mol. The second kappa shape index (κ2) is 7.48. The lowest BCUT2D eigenvalue weighted by molar-refractivity contribution is -0.0507. The van der Waals surface area contributed by atoms with Crippen molar-refractivity contribution in [3.05, 3.63) is 71.3 Å². The summed E-state index contributed by atoms with van der Waals surface area (Å²) < 4.78 is 39.4. The van der Waals surface area contributed by atoms with E-state index in [0.29, 0.717) is 29.9 Å². The van der Waals surface area contributed by atoms with Crippen LogP contribution in [-0.2, 0) is 5.54 Å². The van der Waals surface area contributed by atoms with Crippen molar-refractivity contribution in [2.75, 3.05) is 13.7 Å². The van der Waals surface area contributed by atoms with Gasteiger partial charge in [-0.3, -0.25) is 9.78 Å². The number of aromatic nitrogens is 3. The summed E-state index contributed by atoms with van der Waals surface area (Å²) in [6.45, 7) is -0.749. The van der Waals surface area contributed by atoms with E-state index in [1.165, 1.54) is 6.07 Å². The fourth-order valence-corrected chi connectivity index (χ4v) is 5.90. The molecule has 0 spiro atoms. The summed E-state index contributed by atoms with van der Waals surface area (Å²) in [7, 11) is 1.72. The number of amides is 1. The molecule has 7 rings (SSSR count). The van der Waals surface area contributed by atoms with E-state index in [4.69, 9.17) is 20.2 Å².